The molecule has 1 atom stereocenters. The van der Waals surface area contributed by atoms with Crippen LogP contribution in [0.25, 0.3) is 0 Å². The molecule has 0 spiro atoms. The van der Waals surface area contributed by atoms with Crippen LogP contribution in [0.1, 0.15) is 6.42 Å². The van der Waals surface area contributed by atoms with Crippen molar-refractivity contribution in [2.24, 2.45) is 0 Å². The van der Waals surface area contributed by atoms with E-state index in [4.69, 9.17) is 4.74 Å². The summed E-state index contributed by atoms with van der Waals surface area (Å²) < 4.78 is 32.1. The van der Waals surface area contributed by atoms with Gasteiger partial charge in [-0.05, 0) is 12.1 Å². The SMILES string of the molecule is O=C(C1CC(F)(F)CN1)N1CCN(CCOc2ccccc2)CC1. The Morgan fingerprint density at radius 2 is 1.92 bits per heavy atom. The highest BCUT2D eigenvalue weighted by Gasteiger charge is 2.43. The molecule has 0 radical (unpaired) electrons. The van der Waals surface area contributed by atoms with Crippen LogP contribution in [0, 0.1) is 0 Å². The number of ether oxygens (including phenoxy) is 1. The van der Waals surface area contributed by atoms with Gasteiger partial charge < -0.3 is 9.64 Å². The number of benzene rings is 1. The van der Waals surface area contributed by atoms with Crippen molar-refractivity contribution in [1.82, 2.24) is 15.1 Å². The number of halogens is 2. The van der Waals surface area contributed by atoms with E-state index in [2.05, 4.69) is 10.2 Å². The first-order valence-electron chi connectivity index (χ1n) is 8.34. The molecule has 7 heteroatoms. The van der Waals surface area contributed by atoms with E-state index in [1.807, 2.05) is 30.3 Å². The summed E-state index contributed by atoms with van der Waals surface area (Å²) in [5, 5.41) is 2.63. The molecule has 2 heterocycles. The Labute approximate surface area is 140 Å². The Morgan fingerprint density at radius 1 is 1.21 bits per heavy atom. The fourth-order valence-electron chi connectivity index (χ4n) is 3.11. The van der Waals surface area contributed by atoms with Crippen LogP contribution in [0.5, 0.6) is 5.75 Å². The van der Waals surface area contributed by atoms with Gasteiger partial charge in [0.2, 0.25) is 5.91 Å². The number of nitrogens with zero attached hydrogens (tertiary/aromatic N) is 2. The maximum atomic E-state index is 13.2. The van der Waals surface area contributed by atoms with E-state index in [0.29, 0.717) is 19.7 Å². The number of alkyl halides is 2. The first-order chi connectivity index (χ1) is 11.5. The highest BCUT2D eigenvalue weighted by molar-refractivity contribution is 5.82. The van der Waals surface area contributed by atoms with Crippen molar-refractivity contribution in [3.8, 4) is 5.75 Å². The summed E-state index contributed by atoms with van der Waals surface area (Å²) in [5.41, 5.74) is 0. The van der Waals surface area contributed by atoms with Crippen molar-refractivity contribution in [1.29, 1.82) is 0 Å². The van der Waals surface area contributed by atoms with Gasteiger partial charge in [0.1, 0.15) is 12.4 Å². The average molecular weight is 339 g/mol. The average Bonchev–Trinajstić information content (AvgIpc) is 2.96. The highest BCUT2D eigenvalue weighted by Crippen LogP contribution is 2.26. The van der Waals surface area contributed by atoms with Crippen LogP contribution < -0.4 is 10.1 Å². The Morgan fingerprint density at radius 3 is 2.54 bits per heavy atom. The molecule has 2 fully saturated rings. The minimum absolute atomic E-state index is 0.202. The number of rotatable bonds is 5. The fourth-order valence-corrected chi connectivity index (χ4v) is 3.11. The quantitative estimate of drug-likeness (QED) is 0.876. The van der Waals surface area contributed by atoms with Gasteiger partial charge in [-0.3, -0.25) is 15.0 Å². The van der Waals surface area contributed by atoms with Gasteiger partial charge >= 0.3 is 0 Å². The maximum absolute atomic E-state index is 13.2. The maximum Gasteiger partial charge on any atom is 0.262 e. The molecule has 0 saturated carbocycles. The van der Waals surface area contributed by atoms with Crippen LogP contribution >= 0.6 is 0 Å². The lowest BCUT2D eigenvalue weighted by molar-refractivity contribution is -0.135. The summed E-state index contributed by atoms with van der Waals surface area (Å²) in [6, 6.07) is 8.90. The van der Waals surface area contributed by atoms with Gasteiger partial charge in [-0.2, -0.15) is 0 Å². The second-order valence-electron chi connectivity index (χ2n) is 6.32. The summed E-state index contributed by atoms with van der Waals surface area (Å²) in [5.74, 6) is -2.12. The van der Waals surface area contributed by atoms with Crippen LogP contribution in [0.2, 0.25) is 0 Å². The van der Waals surface area contributed by atoms with Gasteiger partial charge in [0.05, 0.1) is 12.6 Å². The largest absolute Gasteiger partial charge is 0.492 e. The van der Waals surface area contributed by atoms with Crippen LogP contribution in [0.4, 0.5) is 8.78 Å². The number of piperazine rings is 1. The molecule has 5 nitrogen and oxygen atoms in total. The zero-order valence-electron chi connectivity index (χ0n) is 13.6. The summed E-state index contributed by atoms with van der Waals surface area (Å²) in [7, 11) is 0. The van der Waals surface area contributed by atoms with Crippen LogP contribution in [-0.4, -0.2) is 73.5 Å². The normalized spacial score (nSPS) is 24.1. The Balaban J connectivity index is 1.37. The van der Waals surface area contributed by atoms with E-state index in [-0.39, 0.29) is 5.91 Å². The van der Waals surface area contributed by atoms with Crippen molar-refractivity contribution < 1.29 is 18.3 Å². The predicted octanol–water partition coefficient (Wildman–Crippen LogP) is 1.21. The number of carbonyl (C=O) groups is 1. The standard InChI is InChI=1S/C17H23F2N3O2/c18-17(19)12-15(20-13-17)16(23)22-8-6-21(7-9-22)10-11-24-14-4-2-1-3-5-14/h1-5,15,20H,6-13H2. The molecule has 1 amide bonds. The molecule has 1 unspecified atom stereocenters. The second-order valence-corrected chi connectivity index (χ2v) is 6.32. The van der Waals surface area contributed by atoms with Crippen LogP contribution in [0.15, 0.2) is 30.3 Å². The van der Waals surface area contributed by atoms with E-state index in [0.717, 1.165) is 25.4 Å². The van der Waals surface area contributed by atoms with Gasteiger partial charge in [0, 0.05) is 39.1 Å². The van der Waals surface area contributed by atoms with Crippen molar-refractivity contribution in [3.05, 3.63) is 30.3 Å². The molecule has 2 aliphatic heterocycles. The first-order valence-corrected chi connectivity index (χ1v) is 8.34. The van der Waals surface area contributed by atoms with Crippen molar-refractivity contribution in [2.75, 3.05) is 45.9 Å². The van der Waals surface area contributed by atoms with E-state index in [9.17, 15) is 13.6 Å². The third-order valence-electron chi connectivity index (χ3n) is 4.51. The lowest BCUT2D eigenvalue weighted by Gasteiger charge is -2.35. The van der Waals surface area contributed by atoms with E-state index >= 15 is 0 Å². The second kappa shape index (κ2) is 7.44. The predicted molar refractivity (Wildman–Crippen MR) is 86.3 cm³/mol. The van der Waals surface area contributed by atoms with Gasteiger partial charge in [0.15, 0.2) is 0 Å². The van der Waals surface area contributed by atoms with E-state index in [1.54, 1.807) is 4.90 Å². The molecule has 0 bridgehead atoms. The smallest absolute Gasteiger partial charge is 0.262 e. The molecule has 1 N–H and O–H groups in total. The molecule has 2 aliphatic rings. The third-order valence-corrected chi connectivity index (χ3v) is 4.51. The molecular weight excluding hydrogens is 316 g/mol. The van der Waals surface area contributed by atoms with Gasteiger partial charge in [-0.1, -0.05) is 18.2 Å². The topological polar surface area (TPSA) is 44.8 Å². The van der Waals surface area contributed by atoms with Gasteiger partial charge in [0.25, 0.3) is 5.92 Å². The summed E-state index contributed by atoms with van der Waals surface area (Å²) in [6.07, 6.45) is -0.392. The number of hydrogen-bond donors (Lipinski definition) is 1. The van der Waals surface area contributed by atoms with Gasteiger partial charge in [-0.25, -0.2) is 8.78 Å². The Hall–Kier alpha value is -1.73. The summed E-state index contributed by atoms with van der Waals surface area (Å²) in [4.78, 5) is 16.2. The molecule has 0 aromatic heterocycles. The Bertz CT molecular complexity index is 548. The number of amides is 1. The zero-order valence-corrected chi connectivity index (χ0v) is 13.6. The third kappa shape index (κ3) is 4.42. The number of hydrogen-bond acceptors (Lipinski definition) is 4. The zero-order chi connectivity index (χ0) is 17.0. The van der Waals surface area contributed by atoms with E-state index < -0.39 is 24.9 Å². The highest BCUT2D eigenvalue weighted by atomic mass is 19.3. The molecule has 24 heavy (non-hydrogen) atoms. The van der Waals surface area contributed by atoms with Crippen LogP contribution in [0.3, 0.4) is 0 Å². The summed E-state index contributed by atoms with van der Waals surface area (Å²) in [6.45, 7) is 3.62. The monoisotopic (exact) mass is 339 g/mol. The van der Waals surface area contributed by atoms with Crippen molar-refractivity contribution in [3.63, 3.8) is 0 Å². The molecule has 1 aromatic rings. The number of para-hydroxylation sites is 1. The van der Waals surface area contributed by atoms with Crippen molar-refractivity contribution in [2.45, 2.75) is 18.4 Å². The number of nitrogens with one attached hydrogen (secondary N) is 1. The summed E-state index contributed by atoms with van der Waals surface area (Å²) >= 11 is 0. The molecule has 3 rings (SSSR count). The van der Waals surface area contributed by atoms with Gasteiger partial charge in [-0.15, -0.1) is 0 Å². The molecular formula is C17H23F2N3O2. The minimum Gasteiger partial charge on any atom is -0.492 e. The Kier molecular flexibility index (Phi) is 5.30. The molecule has 0 aliphatic carbocycles. The van der Waals surface area contributed by atoms with E-state index in [1.165, 1.54) is 0 Å². The fraction of sp³-hybridized carbons (Fsp3) is 0.588. The molecule has 2 saturated heterocycles. The lowest BCUT2D eigenvalue weighted by atomic mass is 10.1. The molecule has 1 aromatic carbocycles. The minimum atomic E-state index is -2.77. The van der Waals surface area contributed by atoms with Crippen molar-refractivity contribution >= 4 is 5.91 Å². The number of carbonyl (C=O) groups excluding carboxylic acids is 1. The van der Waals surface area contributed by atoms with Crippen LogP contribution in [-0.2, 0) is 4.79 Å². The lowest BCUT2D eigenvalue weighted by Crippen LogP contribution is -2.53. The molecule has 132 valence electrons. The first kappa shape index (κ1) is 17.1.